The zero-order chi connectivity index (χ0) is 14.2. The summed E-state index contributed by atoms with van der Waals surface area (Å²) in [6.07, 6.45) is 3.85. The van der Waals surface area contributed by atoms with Gasteiger partial charge in [0.15, 0.2) is 0 Å². The van der Waals surface area contributed by atoms with Crippen LogP contribution in [0.2, 0.25) is 0 Å². The molecule has 1 aromatic carbocycles. The van der Waals surface area contributed by atoms with E-state index in [1.54, 1.807) is 6.20 Å². The maximum atomic E-state index is 10.5. The highest BCUT2D eigenvalue weighted by Crippen LogP contribution is 2.36. The number of aromatic hydroxyl groups is 1. The van der Waals surface area contributed by atoms with Crippen LogP contribution in [0.15, 0.2) is 30.5 Å². The summed E-state index contributed by atoms with van der Waals surface area (Å²) in [4.78, 5) is 4.46. The number of hydrogen-bond donors (Lipinski definition) is 1. The number of allylic oxidation sites excluding steroid dienone is 2. The molecule has 0 unspecified atom stereocenters. The SMILES string of the molecule is C/C=C(/C)c1ccc2ncc(C(C)(C)C)c(O)c2c1. The molecule has 2 aromatic rings. The normalized spacial score (nSPS) is 13.0. The first kappa shape index (κ1) is 13.6. The topological polar surface area (TPSA) is 33.1 Å². The van der Waals surface area contributed by atoms with Crippen molar-refractivity contribution in [1.29, 1.82) is 0 Å². The number of aromatic nitrogens is 1. The number of benzene rings is 1. The van der Waals surface area contributed by atoms with Gasteiger partial charge in [0.05, 0.1) is 5.52 Å². The van der Waals surface area contributed by atoms with Gasteiger partial charge in [-0.2, -0.15) is 0 Å². The van der Waals surface area contributed by atoms with Gasteiger partial charge < -0.3 is 5.11 Å². The molecule has 100 valence electrons. The van der Waals surface area contributed by atoms with E-state index in [1.807, 2.05) is 25.1 Å². The molecular weight excluding hydrogens is 234 g/mol. The van der Waals surface area contributed by atoms with Crippen molar-refractivity contribution in [2.45, 2.75) is 40.0 Å². The average molecular weight is 255 g/mol. The Balaban J connectivity index is 2.73. The summed E-state index contributed by atoms with van der Waals surface area (Å²) >= 11 is 0. The van der Waals surface area contributed by atoms with Crippen molar-refractivity contribution in [2.24, 2.45) is 0 Å². The second-order valence-corrected chi connectivity index (χ2v) is 5.97. The van der Waals surface area contributed by atoms with E-state index in [-0.39, 0.29) is 5.41 Å². The zero-order valence-corrected chi connectivity index (χ0v) is 12.3. The van der Waals surface area contributed by atoms with E-state index in [2.05, 4.69) is 38.8 Å². The number of pyridine rings is 1. The summed E-state index contributed by atoms with van der Waals surface area (Å²) in [6.45, 7) is 10.3. The zero-order valence-electron chi connectivity index (χ0n) is 12.3. The van der Waals surface area contributed by atoms with Crippen molar-refractivity contribution in [3.8, 4) is 5.75 Å². The first-order chi connectivity index (χ1) is 8.84. The van der Waals surface area contributed by atoms with Gasteiger partial charge in [-0.3, -0.25) is 4.98 Å². The van der Waals surface area contributed by atoms with Gasteiger partial charge in [-0.05, 0) is 42.5 Å². The van der Waals surface area contributed by atoms with E-state index in [1.165, 1.54) is 5.57 Å². The lowest BCUT2D eigenvalue weighted by Gasteiger charge is -2.20. The molecule has 0 atom stereocenters. The highest BCUT2D eigenvalue weighted by Gasteiger charge is 2.20. The Labute approximate surface area is 114 Å². The Bertz CT molecular complexity index is 648. The minimum Gasteiger partial charge on any atom is -0.507 e. The quantitative estimate of drug-likeness (QED) is 0.803. The van der Waals surface area contributed by atoms with Crippen molar-refractivity contribution in [3.63, 3.8) is 0 Å². The maximum Gasteiger partial charge on any atom is 0.130 e. The van der Waals surface area contributed by atoms with Crippen LogP contribution in [0, 0.1) is 0 Å². The summed E-state index contributed by atoms with van der Waals surface area (Å²) < 4.78 is 0. The number of fused-ring (bicyclic) bond motifs is 1. The van der Waals surface area contributed by atoms with Crippen LogP contribution in [0.1, 0.15) is 45.7 Å². The molecule has 1 heterocycles. The molecular formula is C17H21NO. The monoisotopic (exact) mass is 255 g/mol. The lowest BCUT2D eigenvalue weighted by Crippen LogP contribution is -2.11. The fourth-order valence-electron chi connectivity index (χ4n) is 2.14. The van der Waals surface area contributed by atoms with Crippen LogP contribution in [0.3, 0.4) is 0 Å². The second kappa shape index (κ2) is 4.69. The summed E-state index contributed by atoms with van der Waals surface area (Å²) in [5.74, 6) is 0.350. The van der Waals surface area contributed by atoms with Gasteiger partial charge in [-0.1, -0.05) is 32.9 Å². The Hall–Kier alpha value is -1.83. The van der Waals surface area contributed by atoms with Gasteiger partial charge in [0.1, 0.15) is 5.75 Å². The van der Waals surface area contributed by atoms with Crippen molar-refractivity contribution in [1.82, 2.24) is 4.98 Å². The standard InChI is InChI=1S/C17H21NO/c1-6-11(2)12-7-8-15-13(9-12)16(19)14(10-18-15)17(3,4)5/h6-10H,1-5H3,(H,18,19)/b11-6-. The fourth-order valence-corrected chi connectivity index (χ4v) is 2.14. The predicted octanol–water partition coefficient (Wildman–Crippen LogP) is 4.66. The Morgan fingerprint density at radius 1 is 1.26 bits per heavy atom. The van der Waals surface area contributed by atoms with Crippen LogP contribution in [0.25, 0.3) is 16.5 Å². The van der Waals surface area contributed by atoms with Crippen LogP contribution < -0.4 is 0 Å². The molecule has 2 nitrogen and oxygen atoms in total. The summed E-state index contributed by atoms with van der Waals surface area (Å²) in [7, 11) is 0. The lowest BCUT2D eigenvalue weighted by atomic mass is 9.86. The minimum absolute atomic E-state index is 0.114. The number of hydrogen-bond acceptors (Lipinski definition) is 2. The molecule has 0 saturated carbocycles. The number of nitrogens with zero attached hydrogens (tertiary/aromatic N) is 1. The molecule has 0 amide bonds. The van der Waals surface area contributed by atoms with Crippen LogP contribution in [-0.4, -0.2) is 10.1 Å². The highest BCUT2D eigenvalue weighted by molar-refractivity contribution is 5.89. The van der Waals surface area contributed by atoms with Gasteiger partial charge in [0.2, 0.25) is 0 Å². The summed E-state index contributed by atoms with van der Waals surface area (Å²) in [6, 6.07) is 6.02. The third-order valence-electron chi connectivity index (χ3n) is 3.54. The van der Waals surface area contributed by atoms with E-state index in [0.29, 0.717) is 5.75 Å². The third-order valence-corrected chi connectivity index (χ3v) is 3.54. The average Bonchev–Trinajstić information content (AvgIpc) is 2.36. The predicted molar refractivity (Wildman–Crippen MR) is 81.4 cm³/mol. The Morgan fingerprint density at radius 2 is 1.95 bits per heavy atom. The molecule has 0 aliphatic carbocycles. The molecule has 0 spiro atoms. The maximum absolute atomic E-state index is 10.5. The van der Waals surface area contributed by atoms with Crippen molar-refractivity contribution in [3.05, 3.63) is 41.6 Å². The molecule has 0 bridgehead atoms. The van der Waals surface area contributed by atoms with Crippen molar-refractivity contribution in [2.75, 3.05) is 0 Å². The molecule has 0 fully saturated rings. The molecule has 2 heteroatoms. The largest absolute Gasteiger partial charge is 0.507 e. The van der Waals surface area contributed by atoms with Gasteiger partial charge in [-0.25, -0.2) is 0 Å². The smallest absolute Gasteiger partial charge is 0.130 e. The molecule has 0 aliphatic rings. The lowest BCUT2D eigenvalue weighted by molar-refractivity contribution is 0.451. The van der Waals surface area contributed by atoms with Crippen molar-refractivity contribution < 1.29 is 5.11 Å². The molecule has 1 aromatic heterocycles. The van der Waals surface area contributed by atoms with Gasteiger partial charge in [-0.15, -0.1) is 0 Å². The van der Waals surface area contributed by atoms with E-state index >= 15 is 0 Å². The summed E-state index contributed by atoms with van der Waals surface area (Å²) in [5.41, 5.74) is 3.92. The molecule has 19 heavy (non-hydrogen) atoms. The van der Waals surface area contributed by atoms with Crippen LogP contribution in [-0.2, 0) is 5.41 Å². The van der Waals surface area contributed by atoms with Crippen LogP contribution in [0.4, 0.5) is 0 Å². The minimum atomic E-state index is -0.114. The molecule has 1 N–H and O–H groups in total. The Kier molecular flexibility index (Phi) is 3.36. The fraction of sp³-hybridized carbons (Fsp3) is 0.353. The van der Waals surface area contributed by atoms with Gasteiger partial charge in [0.25, 0.3) is 0 Å². The van der Waals surface area contributed by atoms with Crippen LogP contribution >= 0.6 is 0 Å². The molecule has 0 aliphatic heterocycles. The number of rotatable bonds is 1. The molecule has 0 radical (unpaired) electrons. The van der Waals surface area contributed by atoms with E-state index in [9.17, 15) is 5.11 Å². The first-order valence-corrected chi connectivity index (χ1v) is 6.60. The van der Waals surface area contributed by atoms with Gasteiger partial charge >= 0.3 is 0 Å². The molecule has 0 saturated heterocycles. The van der Waals surface area contributed by atoms with E-state index in [0.717, 1.165) is 22.0 Å². The highest BCUT2D eigenvalue weighted by atomic mass is 16.3. The van der Waals surface area contributed by atoms with Crippen molar-refractivity contribution >= 4 is 16.5 Å². The second-order valence-electron chi connectivity index (χ2n) is 5.97. The summed E-state index contributed by atoms with van der Waals surface area (Å²) in [5, 5.41) is 11.3. The van der Waals surface area contributed by atoms with E-state index in [4.69, 9.17) is 0 Å². The first-order valence-electron chi connectivity index (χ1n) is 6.60. The van der Waals surface area contributed by atoms with Gasteiger partial charge in [0, 0.05) is 17.1 Å². The third kappa shape index (κ3) is 2.48. The van der Waals surface area contributed by atoms with Crippen LogP contribution in [0.5, 0.6) is 5.75 Å². The molecule has 2 rings (SSSR count). The Morgan fingerprint density at radius 3 is 2.53 bits per heavy atom. The van der Waals surface area contributed by atoms with E-state index < -0.39 is 0 Å².